The number of rotatable bonds is 5. The number of anilines is 3. The number of nitrogens with zero attached hydrogens (tertiary/aromatic N) is 1. The van der Waals surface area contributed by atoms with Crippen LogP contribution in [0, 0.1) is 6.92 Å². The first-order valence-electron chi connectivity index (χ1n) is 12.3. The van der Waals surface area contributed by atoms with E-state index in [9.17, 15) is 4.79 Å². The van der Waals surface area contributed by atoms with Crippen LogP contribution in [0.5, 0.6) is 11.5 Å². The number of hydrogen-bond acceptors (Lipinski definition) is 5. The van der Waals surface area contributed by atoms with Gasteiger partial charge in [0.15, 0.2) is 5.60 Å². The van der Waals surface area contributed by atoms with E-state index in [1.54, 1.807) is 0 Å². The summed E-state index contributed by atoms with van der Waals surface area (Å²) in [6.45, 7) is 5.15. The zero-order valence-corrected chi connectivity index (χ0v) is 20.7. The van der Waals surface area contributed by atoms with Gasteiger partial charge in [0.25, 0.3) is 0 Å². The summed E-state index contributed by atoms with van der Waals surface area (Å²) in [5, 5.41) is 3.52. The number of nitrogens with one attached hydrogen (secondary N) is 1. The standard InChI is InChI=1S/C31H28N2O3/c1-4-16-33(3)22-14-15-25-29(18-22)35-28-17-20(2)27(32-21-10-6-5-7-11-21)19-26(28)31(25)24-13-9-8-12-23(24)30(34)36-31/h5-15,17-19,32H,4,16H2,1-3H3. The second kappa shape index (κ2) is 8.45. The van der Waals surface area contributed by atoms with Crippen LogP contribution in [-0.2, 0) is 10.3 Å². The minimum atomic E-state index is -1.08. The molecule has 1 N–H and O–H groups in total. The van der Waals surface area contributed by atoms with Crippen LogP contribution < -0.4 is 15.0 Å². The molecule has 2 aliphatic rings. The topological polar surface area (TPSA) is 50.8 Å². The normalized spacial score (nSPS) is 17.0. The number of fused-ring (bicyclic) bond motifs is 6. The second-order valence-electron chi connectivity index (χ2n) is 9.47. The van der Waals surface area contributed by atoms with Gasteiger partial charge in [-0.2, -0.15) is 0 Å². The Kier molecular flexibility index (Phi) is 5.22. The Morgan fingerprint density at radius 1 is 0.861 bits per heavy atom. The van der Waals surface area contributed by atoms with E-state index in [4.69, 9.17) is 9.47 Å². The highest BCUT2D eigenvalue weighted by atomic mass is 16.6. The summed E-state index contributed by atoms with van der Waals surface area (Å²) >= 11 is 0. The second-order valence-corrected chi connectivity index (χ2v) is 9.47. The highest BCUT2D eigenvalue weighted by Crippen LogP contribution is 2.57. The maximum Gasteiger partial charge on any atom is 0.340 e. The zero-order chi connectivity index (χ0) is 24.9. The maximum atomic E-state index is 13.2. The number of carbonyl (C=O) groups is 1. The summed E-state index contributed by atoms with van der Waals surface area (Å²) in [6, 6.07) is 28.0. The molecule has 2 aliphatic heterocycles. The smallest absolute Gasteiger partial charge is 0.340 e. The molecule has 6 rings (SSSR count). The summed E-state index contributed by atoms with van der Waals surface area (Å²) in [4.78, 5) is 15.4. The molecular formula is C31H28N2O3. The van der Waals surface area contributed by atoms with Crippen molar-refractivity contribution in [2.75, 3.05) is 23.8 Å². The van der Waals surface area contributed by atoms with E-state index in [1.165, 1.54) is 0 Å². The molecule has 0 aliphatic carbocycles. The molecule has 0 amide bonds. The number of esters is 1. The van der Waals surface area contributed by atoms with Crippen LogP contribution in [0.4, 0.5) is 17.1 Å². The fourth-order valence-electron chi connectivity index (χ4n) is 5.32. The Labute approximate surface area is 211 Å². The summed E-state index contributed by atoms with van der Waals surface area (Å²) in [7, 11) is 2.08. The molecule has 4 aromatic carbocycles. The number of aryl methyl sites for hydroxylation is 1. The molecule has 0 fully saturated rings. The molecule has 4 aromatic rings. The lowest BCUT2D eigenvalue weighted by molar-refractivity contribution is 0.0224. The summed E-state index contributed by atoms with van der Waals surface area (Å²) in [6.07, 6.45) is 1.04. The summed E-state index contributed by atoms with van der Waals surface area (Å²) in [5.74, 6) is 1.07. The number of benzene rings is 4. The molecular weight excluding hydrogens is 448 g/mol. The van der Waals surface area contributed by atoms with Crippen molar-refractivity contribution in [3.63, 3.8) is 0 Å². The van der Waals surface area contributed by atoms with Crippen molar-refractivity contribution < 1.29 is 14.3 Å². The Hall–Kier alpha value is -4.25. The average molecular weight is 477 g/mol. The highest BCUT2D eigenvalue weighted by molar-refractivity contribution is 5.97. The first-order chi connectivity index (χ1) is 17.5. The first-order valence-corrected chi connectivity index (χ1v) is 12.3. The molecule has 1 unspecified atom stereocenters. The highest BCUT2D eigenvalue weighted by Gasteiger charge is 2.53. The van der Waals surface area contributed by atoms with Gasteiger partial charge < -0.3 is 19.7 Å². The third kappa shape index (κ3) is 3.34. The predicted octanol–water partition coefficient (Wildman–Crippen LogP) is 7.15. The van der Waals surface area contributed by atoms with Crippen LogP contribution in [0.1, 0.15) is 46.0 Å². The largest absolute Gasteiger partial charge is 0.456 e. The monoisotopic (exact) mass is 476 g/mol. The lowest BCUT2D eigenvalue weighted by atomic mass is 9.77. The van der Waals surface area contributed by atoms with Crippen LogP contribution in [0.2, 0.25) is 0 Å². The van der Waals surface area contributed by atoms with E-state index in [1.807, 2.05) is 66.7 Å². The molecule has 36 heavy (non-hydrogen) atoms. The van der Waals surface area contributed by atoms with Crippen molar-refractivity contribution in [2.45, 2.75) is 25.9 Å². The number of para-hydroxylation sites is 1. The van der Waals surface area contributed by atoms with Crippen LogP contribution in [0.3, 0.4) is 0 Å². The van der Waals surface area contributed by atoms with E-state index >= 15 is 0 Å². The fraction of sp³-hybridized carbons (Fsp3) is 0.194. The van der Waals surface area contributed by atoms with Crippen LogP contribution in [0.15, 0.2) is 84.9 Å². The molecule has 0 aromatic heterocycles. The van der Waals surface area contributed by atoms with Crippen molar-refractivity contribution in [3.05, 3.63) is 113 Å². The molecule has 0 radical (unpaired) electrons. The van der Waals surface area contributed by atoms with Gasteiger partial charge in [-0.3, -0.25) is 0 Å². The van der Waals surface area contributed by atoms with Crippen LogP contribution in [0.25, 0.3) is 0 Å². The molecule has 5 heteroatoms. The molecule has 0 saturated carbocycles. The number of carbonyl (C=O) groups excluding carboxylic acids is 1. The zero-order valence-electron chi connectivity index (χ0n) is 20.7. The van der Waals surface area contributed by atoms with Crippen molar-refractivity contribution in [3.8, 4) is 11.5 Å². The van der Waals surface area contributed by atoms with Gasteiger partial charge in [-0.15, -0.1) is 0 Å². The lowest BCUT2D eigenvalue weighted by Gasteiger charge is -2.37. The van der Waals surface area contributed by atoms with Gasteiger partial charge >= 0.3 is 5.97 Å². The Morgan fingerprint density at radius 3 is 2.42 bits per heavy atom. The van der Waals surface area contributed by atoms with Crippen molar-refractivity contribution in [1.82, 2.24) is 0 Å². The van der Waals surface area contributed by atoms with Gasteiger partial charge in [-0.25, -0.2) is 4.79 Å². The van der Waals surface area contributed by atoms with Gasteiger partial charge in [0.2, 0.25) is 0 Å². The van der Waals surface area contributed by atoms with Gasteiger partial charge in [0.05, 0.1) is 5.56 Å². The predicted molar refractivity (Wildman–Crippen MR) is 143 cm³/mol. The SMILES string of the molecule is CCCN(C)c1ccc2c(c1)Oc1cc(C)c(Nc3ccccc3)cc1C21OC(=O)c2ccccc21. The van der Waals surface area contributed by atoms with Gasteiger partial charge in [-0.1, -0.05) is 43.3 Å². The Morgan fingerprint density at radius 2 is 1.61 bits per heavy atom. The van der Waals surface area contributed by atoms with Gasteiger partial charge in [0, 0.05) is 53.4 Å². The Balaban J connectivity index is 1.57. The molecule has 2 heterocycles. The minimum absolute atomic E-state index is 0.324. The van der Waals surface area contributed by atoms with E-state index in [2.05, 4.69) is 49.3 Å². The lowest BCUT2D eigenvalue weighted by Crippen LogP contribution is -2.33. The van der Waals surface area contributed by atoms with Crippen molar-refractivity contribution in [2.24, 2.45) is 0 Å². The van der Waals surface area contributed by atoms with E-state index in [0.717, 1.165) is 52.3 Å². The van der Waals surface area contributed by atoms with E-state index in [0.29, 0.717) is 17.1 Å². The van der Waals surface area contributed by atoms with Gasteiger partial charge in [0.1, 0.15) is 11.5 Å². The first kappa shape index (κ1) is 22.2. The molecule has 180 valence electrons. The molecule has 0 saturated heterocycles. The van der Waals surface area contributed by atoms with E-state index in [-0.39, 0.29) is 5.97 Å². The molecule has 5 nitrogen and oxygen atoms in total. The van der Waals surface area contributed by atoms with E-state index < -0.39 is 5.60 Å². The fourth-order valence-corrected chi connectivity index (χ4v) is 5.32. The van der Waals surface area contributed by atoms with Gasteiger partial charge in [-0.05, 0) is 61.4 Å². The van der Waals surface area contributed by atoms with Crippen LogP contribution >= 0.6 is 0 Å². The summed E-state index contributed by atoms with van der Waals surface area (Å²) < 4.78 is 12.9. The third-order valence-electron chi connectivity index (χ3n) is 7.09. The number of hydrogen-bond donors (Lipinski definition) is 1. The van der Waals surface area contributed by atoms with Crippen molar-refractivity contribution >= 4 is 23.0 Å². The quantitative estimate of drug-likeness (QED) is 0.310. The van der Waals surface area contributed by atoms with Crippen LogP contribution in [-0.4, -0.2) is 19.6 Å². The molecule has 0 bridgehead atoms. The third-order valence-corrected chi connectivity index (χ3v) is 7.09. The molecule has 1 spiro atoms. The number of ether oxygens (including phenoxy) is 2. The maximum absolute atomic E-state index is 13.2. The van der Waals surface area contributed by atoms with Crippen molar-refractivity contribution in [1.29, 1.82) is 0 Å². The Bertz CT molecular complexity index is 1480. The molecule has 1 atom stereocenters. The average Bonchev–Trinajstić information content (AvgIpc) is 3.18. The summed E-state index contributed by atoms with van der Waals surface area (Å²) in [5.41, 5.74) is 6.00. The minimum Gasteiger partial charge on any atom is -0.456 e.